The maximum absolute atomic E-state index is 13.4. The minimum atomic E-state index is -0.173. The van der Waals surface area contributed by atoms with E-state index in [0.29, 0.717) is 43.3 Å². The summed E-state index contributed by atoms with van der Waals surface area (Å²) in [5.41, 5.74) is 1.21. The van der Waals surface area contributed by atoms with Crippen LogP contribution in [0.15, 0.2) is 44.7 Å². The molecule has 1 aromatic heterocycles. The van der Waals surface area contributed by atoms with E-state index in [0.717, 1.165) is 32.1 Å². The Kier molecular flexibility index (Phi) is 7.94. The number of nitrogens with zero attached hydrogens (tertiary/aromatic N) is 3. The van der Waals surface area contributed by atoms with Crippen molar-refractivity contribution >= 4 is 44.6 Å². The Hall–Kier alpha value is -2.38. The second kappa shape index (κ2) is 10.9. The largest absolute Gasteiger partial charge is 0.493 e. The third-order valence-corrected chi connectivity index (χ3v) is 7.77. The Morgan fingerprint density at radius 1 is 1.29 bits per heavy atom. The van der Waals surface area contributed by atoms with E-state index in [4.69, 9.17) is 26.1 Å². The van der Waals surface area contributed by atoms with Crippen molar-refractivity contribution in [3.05, 3.63) is 61.6 Å². The molecule has 1 aliphatic rings. The lowest BCUT2D eigenvalue weighted by atomic mass is 9.88. The highest BCUT2D eigenvalue weighted by Gasteiger charge is 2.23. The van der Waals surface area contributed by atoms with Gasteiger partial charge in [0, 0.05) is 16.0 Å². The number of ether oxygens (including phenoxy) is 2. The predicted molar refractivity (Wildman–Crippen MR) is 141 cm³/mol. The summed E-state index contributed by atoms with van der Waals surface area (Å²) < 4.78 is 13.6. The van der Waals surface area contributed by atoms with Crippen LogP contribution in [0.4, 0.5) is 0 Å². The maximum Gasteiger partial charge on any atom is 0.282 e. The van der Waals surface area contributed by atoms with Crippen LogP contribution in [0.5, 0.6) is 11.5 Å². The molecule has 0 bridgehead atoms. The lowest BCUT2D eigenvalue weighted by Crippen LogP contribution is -2.25. The first-order chi connectivity index (χ1) is 16.4. The van der Waals surface area contributed by atoms with Crippen LogP contribution in [0, 0.1) is 0 Å². The fraction of sp³-hybridized carbons (Fsp3) is 0.423. The number of hydrogen-bond donors (Lipinski definition) is 0. The molecule has 6 nitrogen and oxygen atoms in total. The highest BCUT2D eigenvalue weighted by molar-refractivity contribution is 9.10. The summed E-state index contributed by atoms with van der Waals surface area (Å²) in [5.74, 6) is 1.91. The van der Waals surface area contributed by atoms with Gasteiger partial charge in [-0.3, -0.25) is 4.79 Å². The van der Waals surface area contributed by atoms with Gasteiger partial charge < -0.3 is 9.47 Å². The van der Waals surface area contributed by atoms with Gasteiger partial charge in [0.25, 0.3) is 5.56 Å². The van der Waals surface area contributed by atoms with Gasteiger partial charge in [0.1, 0.15) is 10.8 Å². The van der Waals surface area contributed by atoms with Crippen LogP contribution in [0.2, 0.25) is 5.02 Å². The van der Waals surface area contributed by atoms with Crippen LogP contribution in [0.1, 0.15) is 69.7 Å². The molecule has 0 N–H and O–H groups in total. The minimum Gasteiger partial charge on any atom is -0.493 e. The molecular weight excluding hydrogens is 518 g/mol. The van der Waals surface area contributed by atoms with Crippen molar-refractivity contribution < 1.29 is 9.47 Å². The van der Waals surface area contributed by atoms with Crippen molar-refractivity contribution in [1.29, 1.82) is 0 Å². The molecule has 0 unspecified atom stereocenters. The molecule has 1 fully saturated rings. The molecule has 8 heteroatoms. The van der Waals surface area contributed by atoms with Crippen molar-refractivity contribution in [3.63, 3.8) is 0 Å². The molecule has 0 aliphatic heterocycles. The number of methoxy groups -OCH3 is 1. The van der Waals surface area contributed by atoms with Gasteiger partial charge >= 0.3 is 0 Å². The smallest absolute Gasteiger partial charge is 0.282 e. The van der Waals surface area contributed by atoms with Crippen molar-refractivity contribution in [2.24, 2.45) is 5.10 Å². The average molecular weight is 547 g/mol. The summed E-state index contributed by atoms with van der Waals surface area (Å²) in [7, 11) is 1.57. The molecule has 1 heterocycles. The number of rotatable bonds is 7. The average Bonchev–Trinajstić information content (AvgIpc) is 2.87. The second-order valence-corrected chi connectivity index (χ2v) is 9.82. The van der Waals surface area contributed by atoms with E-state index in [-0.39, 0.29) is 17.6 Å². The van der Waals surface area contributed by atoms with E-state index in [1.165, 1.54) is 11.1 Å². The fourth-order valence-corrected chi connectivity index (χ4v) is 4.89. The van der Waals surface area contributed by atoms with Gasteiger partial charge in [-0.05, 0) is 60.3 Å². The molecular formula is C26H29BrClN3O3. The van der Waals surface area contributed by atoms with Gasteiger partial charge in [-0.2, -0.15) is 9.78 Å². The lowest BCUT2D eigenvalue weighted by Gasteiger charge is -2.22. The Morgan fingerprint density at radius 3 is 2.74 bits per heavy atom. The van der Waals surface area contributed by atoms with Crippen LogP contribution in [0.3, 0.4) is 0 Å². The summed E-state index contributed by atoms with van der Waals surface area (Å²) in [6.45, 7) is 4.02. The molecule has 34 heavy (non-hydrogen) atoms. The van der Waals surface area contributed by atoms with Crippen molar-refractivity contribution in [2.45, 2.75) is 64.4 Å². The zero-order valence-corrected chi connectivity index (χ0v) is 22.0. The standard InChI is InChI=1S/C26H29BrClN3O3/c1-4-16(2)34-24-21(33-3)14-18(22(27)23(24)28)15-29-31-25(17-10-6-5-7-11-17)30-20-13-9-8-12-19(20)26(31)32/h8-9,12-17H,4-7,10-11H2,1-3H3/t16-/m0/s1. The number of hydrogen-bond acceptors (Lipinski definition) is 5. The van der Waals surface area contributed by atoms with Gasteiger partial charge in [0.05, 0.1) is 30.3 Å². The molecule has 3 aromatic rings. The minimum absolute atomic E-state index is 0.0156. The summed E-state index contributed by atoms with van der Waals surface area (Å²) in [6.07, 6.45) is 7.93. The Balaban J connectivity index is 1.81. The molecule has 0 amide bonds. The number of benzene rings is 2. The monoisotopic (exact) mass is 545 g/mol. The van der Waals surface area contributed by atoms with Crippen LogP contribution < -0.4 is 15.0 Å². The number of halogens is 2. The second-order valence-electron chi connectivity index (χ2n) is 8.65. The first-order valence-electron chi connectivity index (χ1n) is 11.7. The molecule has 0 radical (unpaired) electrons. The van der Waals surface area contributed by atoms with Gasteiger partial charge in [0.2, 0.25) is 0 Å². The van der Waals surface area contributed by atoms with Crippen LogP contribution in [-0.2, 0) is 0 Å². The fourth-order valence-electron chi connectivity index (χ4n) is 4.24. The third-order valence-electron chi connectivity index (χ3n) is 6.33. The van der Waals surface area contributed by atoms with Gasteiger partial charge in [0.15, 0.2) is 11.5 Å². The SMILES string of the molecule is CC[C@H](C)Oc1c(OC)cc(C=Nn2c(C3CCCCC3)nc3ccccc3c2=O)c(Br)c1Cl. The summed E-state index contributed by atoms with van der Waals surface area (Å²) >= 11 is 10.2. The normalized spacial score (nSPS) is 15.7. The Labute approximate surface area is 213 Å². The molecule has 0 saturated heterocycles. The molecule has 4 rings (SSSR count). The summed E-state index contributed by atoms with van der Waals surface area (Å²) in [4.78, 5) is 18.3. The van der Waals surface area contributed by atoms with Crippen molar-refractivity contribution in [2.75, 3.05) is 7.11 Å². The van der Waals surface area contributed by atoms with E-state index in [1.54, 1.807) is 25.5 Å². The zero-order valence-electron chi connectivity index (χ0n) is 19.7. The third kappa shape index (κ3) is 5.01. The van der Waals surface area contributed by atoms with Gasteiger partial charge in [-0.1, -0.05) is 49.9 Å². The number of para-hydroxylation sites is 1. The highest BCUT2D eigenvalue weighted by Crippen LogP contribution is 2.42. The van der Waals surface area contributed by atoms with Crippen molar-refractivity contribution in [1.82, 2.24) is 9.66 Å². The molecule has 2 aromatic carbocycles. The quantitative estimate of drug-likeness (QED) is 0.301. The van der Waals surface area contributed by atoms with E-state index in [9.17, 15) is 4.79 Å². The highest BCUT2D eigenvalue weighted by atomic mass is 79.9. The molecule has 0 spiro atoms. The lowest BCUT2D eigenvalue weighted by molar-refractivity contribution is 0.207. The van der Waals surface area contributed by atoms with Gasteiger partial charge in [-0.25, -0.2) is 4.98 Å². The van der Waals surface area contributed by atoms with Crippen molar-refractivity contribution in [3.8, 4) is 11.5 Å². The number of fused-ring (bicyclic) bond motifs is 1. The Morgan fingerprint density at radius 2 is 2.03 bits per heavy atom. The van der Waals surface area contributed by atoms with Gasteiger partial charge in [-0.15, -0.1) is 0 Å². The molecule has 1 saturated carbocycles. The topological polar surface area (TPSA) is 65.7 Å². The zero-order chi connectivity index (χ0) is 24.2. The number of aromatic nitrogens is 2. The predicted octanol–water partition coefficient (Wildman–Crippen LogP) is 6.93. The molecule has 180 valence electrons. The summed E-state index contributed by atoms with van der Waals surface area (Å²) in [5, 5.41) is 5.57. The summed E-state index contributed by atoms with van der Waals surface area (Å²) in [6, 6.07) is 9.22. The van der Waals surface area contributed by atoms with Crippen LogP contribution in [-0.4, -0.2) is 29.1 Å². The van der Waals surface area contributed by atoms with E-state index >= 15 is 0 Å². The Bertz CT molecular complexity index is 1270. The maximum atomic E-state index is 13.4. The van der Waals surface area contributed by atoms with Crippen LogP contribution in [0.25, 0.3) is 10.9 Å². The van der Waals surface area contributed by atoms with E-state index in [1.807, 2.05) is 32.0 Å². The van der Waals surface area contributed by atoms with E-state index < -0.39 is 0 Å². The van der Waals surface area contributed by atoms with E-state index in [2.05, 4.69) is 21.0 Å². The van der Waals surface area contributed by atoms with Crippen LogP contribution >= 0.6 is 27.5 Å². The first-order valence-corrected chi connectivity index (χ1v) is 12.9. The molecule has 1 aliphatic carbocycles. The molecule has 1 atom stereocenters. The first kappa shape index (κ1) is 24.7.